The van der Waals surface area contributed by atoms with Crippen LogP contribution in [-0.2, 0) is 10.0 Å². The summed E-state index contributed by atoms with van der Waals surface area (Å²) in [6.45, 7) is 3.75. The fourth-order valence-electron chi connectivity index (χ4n) is 2.19. The van der Waals surface area contributed by atoms with Gasteiger partial charge in [0, 0.05) is 0 Å². The average Bonchev–Trinajstić information content (AvgIpc) is 2.28. The van der Waals surface area contributed by atoms with E-state index in [2.05, 4.69) is 0 Å². The number of primary sulfonamides is 1. The summed E-state index contributed by atoms with van der Waals surface area (Å²) in [5, 5.41) is 5.23. The summed E-state index contributed by atoms with van der Waals surface area (Å²) in [5.41, 5.74) is 3.66. The van der Waals surface area contributed by atoms with Crippen molar-refractivity contribution in [2.24, 2.45) is 5.14 Å². The van der Waals surface area contributed by atoms with Crippen LogP contribution >= 0.6 is 12.4 Å². The largest absolute Gasteiger partial charge is 0.238 e. The molecule has 0 aliphatic rings. The molecule has 0 spiro atoms. The van der Waals surface area contributed by atoms with Crippen LogP contribution < -0.4 is 5.14 Å². The number of rotatable bonds is 2. The van der Waals surface area contributed by atoms with Crippen molar-refractivity contribution in [2.45, 2.75) is 18.7 Å². The third kappa shape index (κ3) is 3.15. The number of halogens is 1. The minimum Gasteiger partial charge on any atom is -0.225 e. The van der Waals surface area contributed by atoms with Crippen LogP contribution in [0.5, 0.6) is 0 Å². The number of benzene rings is 2. The summed E-state index contributed by atoms with van der Waals surface area (Å²) in [6, 6.07) is 13.1. The molecule has 0 unspecified atom stereocenters. The first kappa shape index (κ1) is 15.7. The van der Waals surface area contributed by atoms with Crippen LogP contribution in [0.3, 0.4) is 0 Å². The maximum absolute atomic E-state index is 11.5. The van der Waals surface area contributed by atoms with Crippen LogP contribution in [0.25, 0.3) is 11.1 Å². The van der Waals surface area contributed by atoms with Crippen molar-refractivity contribution in [2.75, 3.05) is 0 Å². The van der Waals surface area contributed by atoms with Crippen molar-refractivity contribution < 1.29 is 8.42 Å². The van der Waals surface area contributed by atoms with Crippen LogP contribution in [0.1, 0.15) is 11.1 Å². The van der Waals surface area contributed by atoms with Crippen molar-refractivity contribution >= 4 is 22.4 Å². The van der Waals surface area contributed by atoms with Gasteiger partial charge in [-0.1, -0.05) is 36.4 Å². The van der Waals surface area contributed by atoms with E-state index < -0.39 is 10.0 Å². The molecule has 2 rings (SSSR count). The van der Waals surface area contributed by atoms with E-state index in [0.29, 0.717) is 5.56 Å². The van der Waals surface area contributed by atoms with E-state index in [-0.39, 0.29) is 17.3 Å². The molecule has 0 radical (unpaired) electrons. The highest BCUT2D eigenvalue weighted by molar-refractivity contribution is 7.89. The Morgan fingerprint density at radius 2 is 1.53 bits per heavy atom. The van der Waals surface area contributed by atoms with Crippen LogP contribution in [0, 0.1) is 13.8 Å². The number of hydrogen-bond donors (Lipinski definition) is 1. The van der Waals surface area contributed by atoms with Gasteiger partial charge in [0.15, 0.2) is 0 Å². The molecule has 0 aliphatic carbocycles. The van der Waals surface area contributed by atoms with Crippen molar-refractivity contribution in [3.05, 3.63) is 53.6 Å². The highest BCUT2D eigenvalue weighted by Crippen LogP contribution is 2.30. The fourth-order valence-corrected chi connectivity index (χ4v) is 2.97. The Labute approximate surface area is 119 Å². The minimum atomic E-state index is -3.68. The number of nitrogens with two attached hydrogens (primary N) is 1. The molecule has 0 heterocycles. The first-order valence-corrected chi connectivity index (χ1v) is 7.14. The van der Waals surface area contributed by atoms with Gasteiger partial charge in [-0.05, 0) is 42.2 Å². The SMILES string of the molecule is Cc1ccc(S(N)(=O)=O)c(C)c1-c1ccccc1.Cl. The molecule has 0 aliphatic heterocycles. The highest BCUT2D eigenvalue weighted by Gasteiger charge is 2.16. The predicted octanol–water partition coefficient (Wildman–Crippen LogP) is 3.04. The first-order valence-electron chi connectivity index (χ1n) is 5.59. The molecule has 19 heavy (non-hydrogen) atoms. The fraction of sp³-hybridized carbons (Fsp3) is 0.143. The molecule has 102 valence electrons. The summed E-state index contributed by atoms with van der Waals surface area (Å²) in [6.07, 6.45) is 0. The van der Waals surface area contributed by atoms with E-state index in [1.165, 1.54) is 0 Å². The van der Waals surface area contributed by atoms with E-state index in [1.807, 2.05) is 37.3 Å². The van der Waals surface area contributed by atoms with E-state index in [4.69, 9.17) is 5.14 Å². The zero-order valence-electron chi connectivity index (χ0n) is 10.8. The maximum Gasteiger partial charge on any atom is 0.238 e. The van der Waals surface area contributed by atoms with Gasteiger partial charge in [-0.25, -0.2) is 13.6 Å². The van der Waals surface area contributed by atoms with Crippen molar-refractivity contribution in [3.63, 3.8) is 0 Å². The van der Waals surface area contributed by atoms with Crippen LogP contribution in [0.15, 0.2) is 47.4 Å². The molecule has 0 atom stereocenters. The van der Waals surface area contributed by atoms with E-state index >= 15 is 0 Å². The summed E-state index contributed by atoms with van der Waals surface area (Å²) in [7, 11) is -3.68. The second-order valence-corrected chi connectivity index (χ2v) is 5.82. The van der Waals surface area contributed by atoms with Gasteiger partial charge in [0.1, 0.15) is 0 Å². The number of hydrogen-bond acceptors (Lipinski definition) is 2. The van der Waals surface area contributed by atoms with E-state index in [9.17, 15) is 8.42 Å². The minimum absolute atomic E-state index is 0. The Kier molecular flexibility index (Phi) is 4.74. The Morgan fingerprint density at radius 1 is 0.947 bits per heavy atom. The Hall–Kier alpha value is -1.36. The lowest BCUT2D eigenvalue weighted by Crippen LogP contribution is -2.14. The zero-order chi connectivity index (χ0) is 13.3. The van der Waals surface area contributed by atoms with Crippen molar-refractivity contribution in [1.82, 2.24) is 0 Å². The third-order valence-electron chi connectivity index (χ3n) is 2.99. The molecule has 2 aromatic rings. The summed E-state index contributed by atoms with van der Waals surface area (Å²) >= 11 is 0. The topological polar surface area (TPSA) is 60.2 Å². The molecule has 0 amide bonds. The van der Waals surface area contributed by atoms with Crippen LogP contribution in [0.2, 0.25) is 0 Å². The standard InChI is InChI=1S/C14H15NO2S.ClH/c1-10-8-9-13(18(15,16)17)11(2)14(10)12-6-4-3-5-7-12;/h3-9H,1-2H3,(H2,15,16,17);1H. The van der Waals surface area contributed by atoms with Gasteiger partial charge >= 0.3 is 0 Å². The van der Waals surface area contributed by atoms with Gasteiger partial charge in [0.05, 0.1) is 4.90 Å². The molecule has 0 bridgehead atoms. The molecule has 3 nitrogen and oxygen atoms in total. The molecule has 5 heteroatoms. The van der Waals surface area contributed by atoms with Gasteiger partial charge in [0.25, 0.3) is 0 Å². The smallest absolute Gasteiger partial charge is 0.225 e. The van der Waals surface area contributed by atoms with E-state index in [0.717, 1.165) is 16.7 Å². The lowest BCUT2D eigenvalue weighted by atomic mass is 9.96. The second-order valence-electron chi connectivity index (χ2n) is 4.29. The summed E-state index contributed by atoms with van der Waals surface area (Å²) in [5.74, 6) is 0. The molecule has 2 aromatic carbocycles. The lowest BCUT2D eigenvalue weighted by molar-refractivity contribution is 0.597. The summed E-state index contributed by atoms with van der Waals surface area (Å²) < 4.78 is 23.1. The molecule has 0 saturated carbocycles. The number of aryl methyl sites for hydroxylation is 1. The number of sulfonamides is 1. The first-order chi connectivity index (χ1) is 8.41. The van der Waals surface area contributed by atoms with Gasteiger partial charge in [-0.3, -0.25) is 0 Å². The van der Waals surface area contributed by atoms with Crippen LogP contribution in [-0.4, -0.2) is 8.42 Å². The monoisotopic (exact) mass is 297 g/mol. The molecule has 0 fully saturated rings. The normalized spacial score (nSPS) is 10.9. The molecular formula is C14H16ClNO2S. The highest BCUT2D eigenvalue weighted by atomic mass is 35.5. The molecule has 2 N–H and O–H groups in total. The third-order valence-corrected chi connectivity index (χ3v) is 4.05. The van der Waals surface area contributed by atoms with Crippen LogP contribution in [0.4, 0.5) is 0 Å². The van der Waals surface area contributed by atoms with Crippen molar-refractivity contribution in [1.29, 1.82) is 0 Å². The Bertz CT molecular complexity index is 682. The molecular weight excluding hydrogens is 282 g/mol. The Morgan fingerprint density at radius 3 is 2.05 bits per heavy atom. The van der Waals surface area contributed by atoms with Gasteiger partial charge in [-0.15, -0.1) is 12.4 Å². The van der Waals surface area contributed by atoms with Gasteiger partial charge < -0.3 is 0 Å². The van der Waals surface area contributed by atoms with E-state index in [1.54, 1.807) is 19.1 Å². The van der Waals surface area contributed by atoms with Crippen molar-refractivity contribution in [3.8, 4) is 11.1 Å². The molecule has 0 saturated heterocycles. The predicted molar refractivity (Wildman–Crippen MR) is 80.0 cm³/mol. The lowest BCUT2D eigenvalue weighted by Gasteiger charge is -2.13. The Balaban J connectivity index is 0.00000180. The quantitative estimate of drug-likeness (QED) is 0.926. The van der Waals surface area contributed by atoms with Gasteiger partial charge in [-0.2, -0.15) is 0 Å². The molecule has 0 aromatic heterocycles. The zero-order valence-corrected chi connectivity index (χ0v) is 12.4. The second kappa shape index (κ2) is 5.74. The van der Waals surface area contributed by atoms with Gasteiger partial charge in [0.2, 0.25) is 10.0 Å². The summed E-state index contributed by atoms with van der Waals surface area (Å²) in [4.78, 5) is 0.187. The average molecular weight is 298 g/mol. The maximum atomic E-state index is 11.5.